The predicted molar refractivity (Wildman–Crippen MR) is 110 cm³/mol. The molecule has 0 fully saturated rings. The molecule has 0 aliphatic heterocycles. The van der Waals surface area contributed by atoms with Gasteiger partial charge in [-0.3, -0.25) is 9.59 Å². The summed E-state index contributed by atoms with van der Waals surface area (Å²) < 4.78 is 24.8. The van der Waals surface area contributed by atoms with Crippen LogP contribution in [-0.2, 0) is 11.3 Å². The van der Waals surface area contributed by atoms with Crippen molar-refractivity contribution >= 4 is 5.91 Å². The Morgan fingerprint density at radius 2 is 1.67 bits per heavy atom. The Bertz CT molecular complexity index is 1030. The highest BCUT2D eigenvalue weighted by Crippen LogP contribution is 2.19. The molecular formula is C22H22FN3O4. The molecule has 1 amide bonds. The van der Waals surface area contributed by atoms with Crippen LogP contribution < -0.4 is 20.3 Å². The van der Waals surface area contributed by atoms with Gasteiger partial charge in [0.25, 0.3) is 5.56 Å². The SMILES string of the molecule is CCOc1ccc(-c2ccc(=O)n(CC(=O)NCCOc3ccc(F)cc3)n2)cc1. The minimum atomic E-state index is -0.373. The van der Waals surface area contributed by atoms with E-state index in [4.69, 9.17) is 9.47 Å². The summed E-state index contributed by atoms with van der Waals surface area (Å²) in [6.45, 7) is 2.73. The highest BCUT2D eigenvalue weighted by Gasteiger charge is 2.08. The molecule has 2 aromatic carbocycles. The van der Waals surface area contributed by atoms with E-state index in [1.807, 2.05) is 31.2 Å². The molecule has 3 aromatic rings. The zero-order valence-corrected chi connectivity index (χ0v) is 16.5. The molecule has 8 heteroatoms. The summed E-state index contributed by atoms with van der Waals surface area (Å²) in [6.07, 6.45) is 0. The van der Waals surface area contributed by atoms with E-state index >= 15 is 0 Å². The number of rotatable bonds is 9. The largest absolute Gasteiger partial charge is 0.494 e. The van der Waals surface area contributed by atoms with Crippen LogP contribution in [-0.4, -0.2) is 35.4 Å². The zero-order valence-electron chi connectivity index (χ0n) is 16.5. The number of ether oxygens (including phenoxy) is 2. The predicted octanol–water partition coefficient (Wildman–Crippen LogP) is 2.64. The van der Waals surface area contributed by atoms with Crippen LogP contribution in [0.4, 0.5) is 4.39 Å². The Hall–Kier alpha value is -3.68. The molecule has 1 N–H and O–H groups in total. The van der Waals surface area contributed by atoms with Crippen molar-refractivity contribution in [3.05, 3.63) is 76.8 Å². The van der Waals surface area contributed by atoms with Gasteiger partial charge in [-0.25, -0.2) is 9.07 Å². The van der Waals surface area contributed by atoms with Crippen LogP contribution in [0.1, 0.15) is 6.92 Å². The minimum absolute atomic E-state index is 0.208. The third-order valence-corrected chi connectivity index (χ3v) is 4.13. The quantitative estimate of drug-likeness (QED) is 0.548. The van der Waals surface area contributed by atoms with Crippen LogP contribution in [0.15, 0.2) is 65.5 Å². The first-order valence-corrected chi connectivity index (χ1v) is 9.51. The van der Waals surface area contributed by atoms with Gasteiger partial charge in [0.2, 0.25) is 5.91 Å². The van der Waals surface area contributed by atoms with Crippen molar-refractivity contribution in [2.75, 3.05) is 19.8 Å². The summed E-state index contributed by atoms with van der Waals surface area (Å²) in [4.78, 5) is 24.2. The first kappa shape index (κ1) is 21.0. The van der Waals surface area contributed by atoms with Gasteiger partial charge in [-0.1, -0.05) is 0 Å². The molecule has 1 aromatic heterocycles. The van der Waals surface area contributed by atoms with E-state index < -0.39 is 0 Å². The maximum Gasteiger partial charge on any atom is 0.267 e. The number of nitrogens with one attached hydrogen (secondary N) is 1. The number of nitrogens with zero attached hydrogens (tertiary/aromatic N) is 2. The molecule has 0 aliphatic carbocycles. The van der Waals surface area contributed by atoms with Gasteiger partial charge in [-0.2, -0.15) is 5.10 Å². The van der Waals surface area contributed by atoms with E-state index in [0.29, 0.717) is 18.1 Å². The molecule has 30 heavy (non-hydrogen) atoms. The monoisotopic (exact) mass is 411 g/mol. The Kier molecular flexibility index (Phi) is 7.15. The number of aromatic nitrogens is 2. The second-order valence-corrected chi connectivity index (χ2v) is 6.32. The van der Waals surface area contributed by atoms with Gasteiger partial charge in [0, 0.05) is 11.6 Å². The number of hydrogen-bond acceptors (Lipinski definition) is 5. The fourth-order valence-electron chi connectivity index (χ4n) is 2.69. The lowest BCUT2D eigenvalue weighted by atomic mass is 10.1. The van der Waals surface area contributed by atoms with Gasteiger partial charge in [0.1, 0.15) is 30.5 Å². The second-order valence-electron chi connectivity index (χ2n) is 6.32. The molecule has 0 bridgehead atoms. The molecule has 0 saturated carbocycles. The van der Waals surface area contributed by atoms with Crippen molar-refractivity contribution in [1.82, 2.24) is 15.1 Å². The topological polar surface area (TPSA) is 82.5 Å². The summed E-state index contributed by atoms with van der Waals surface area (Å²) in [5.41, 5.74) is 1.01. The van der Waals surface area contributed by atoms with Crippen molar-refractivity contribution in [2.24, 2.45) is 0 Å². The summed E-state index contributed by atoms with van der Waals surface area (Å²) in [6, 6.07) is 15.9. The molecule has 7 nitrogen and oxygen atoms in total. The van der Waals surface area contributed by atoms with E-state index in [2.05, 4.69) is 10.4 Å². The lowest BCUT2D eigenvalue weighted by Crippen LogP contribution is -2.35. The summed E-state index contributed by atoms with van der Waals surface area (Å²) in [7, 11) is 0. The summed E-state index contributed by atoms with van der Waals surface area (Å²) in [5.74, 6) is 0.542. The van der Waals surface area contributed by atoms with Crippen molar-refractivity contribution in [2.45, 2.75) is 13.5 Å². The standard InChI is InChI=1S/C22H22FN3O4/c1-2-29-18-7-3-16(4-8-18)20-11-12-22(28)26(25-20)15-21(27)24-13-14-30-19-9-5-17(23)6-10-19/h3-12H,2,13-15H2,1H3,(H,24,27). The van der Waals surface area contributed by atoms with Crippen LogP contribution in [0.5, 0.6) is 11.5 Å². The highest BCUT2D eigenvalue weighted by atomic mass is 19.1. The number of halogens is 1. The van der Waals surface area contributed by atoms with Crippen LogP contribution in [0, 0.1) is 5.82 Å². The van der Waals surface area contributed by atoms with Gasteiger partial charge < -0.3 is 14.8 Å². The van der Waals surface area contributed by atoms with E-state index in [9.17, 15) is 14.0 Å². The Labute approximate surface area is 173 Å². The van der Waals surface area contributed by atoms with E-state index in [1.54, 1.807) is 6.07 Å². The smallest absolute Gasteiger partial charge is 0.267 e. The minimum Gasteiger partial charge on any atom is -0.494 e. The lowest BCUT2D eigenvalue weighted by Gasteiger charge is -2.10. The average Bonchev–Trinajstić information content (AvgIpc) is 2.75. The first-order valence-electron chi connectivity index (χ1n) is 9.51. The molecule has 0 atom stereocenters. The van der Waals surface area contributed by atoms with Crippen LogP contribution in [0.3, 0.4) is 0 Å². The van der Waals surface area contributed by atoms with Gasteiger partial charge >= 0.3 is 0 Å². The molecular weight excluding hydrogens is 389 g/mol. The highest BCUT2D eigenvalue weighted by molar-refractivity contribution is 5.75. The van der Waals surface area contributed by atoms with E-state index in [0.717, 1.165) is 16.0 Å². The van der Waals surface area contributed by atoms with Gasteiger partial charge in [0.05, 0.1) is 18.8 Å². The maximum absolute atomic E-state index is 12.9. The van der Waals surface area contributed by atoms with Crippen molar-refractivity contribution in [3.8, 4) is 22.8 Å². The maximum atomic E-state index is 12.9. The zero-order chi connectivity index (χ0) is 21.3. The van der Waals surface area contributed by atoms with Gasteiger partial charge in [0.15, 0.2) is 0 Å². The number of amides is 1. The number of hydrogen-bond donors (Lipinski definition) is 1. The molecule has 0 saturated heterocycles. The number of carbonyl (C=O) groups is 1. The molecule has 3 rings (SSSR count). The second kappa shape index (κ2) is 10.2. The third-order valence-electron chi connectivity index (χ3n) is 4.13. The molecule has 156 valence electrons. The lowest BCUT2D eigenvalue weighted by molar-refractivity contribution is -0.122. The molecule has 1 heterocycles. The first-order chi connectivity index (χ1) is 14.5. The summed E-state index contributed by atoms with van der Waals surface area (Å²) in [5, 5.41) is 6.94. The summed E-state index contributed by atoms with van der Waals surface area (Å²) >= 11 is 0. The van der Waals surface area contributed by atoms with Crippen molar-refractivity contribution in [3.63, 3.8) is 0 Å². The van der Waals surface area contributed by atoms with Crippen LogP contribution in [0.2, 0.25) is 0 Å². The van der Waals surface area contributed by atoms with Crippen molar-refractivity contribution in [1.29, 1.82) is 0 Å². The molecule has 0 radical (unpaired) electrons. The fourth-order valence-corrected chi connectivity index (χ4v) is 2.69. The Balaban J connectivity index is 1.55. The third kappa shape index (κ3) is 5.91. The molecule has 0 aliphatic rings. The fraction of sp³-hybridized carbons (Fsp3) is 0.227. The van der Waals surface area contributed by atoms with Crippen molar-refractivity contribution < 1.29 is 18.7 Å². The van der Waals surface area contributed by atoms with E-state index in [-0.39, 0.29) is 37.0 Å². The molecule has 0 unspecified atom stereocenters. The van der Waals surface area contributed by atoms with Gasteiger partial charge in [-0.05, 0) is 61.5 Å². The number of benzene rings is 2. The van der Waals surface area contributed by atoms with Crippen LogP contribution >= 0.6 is 0 Å². The number of carbonyl (C=O) groups excluding carboxylic acids is 1. The van der Waals surface area contributed by atoms with E-state index in [1.165, 1.54) is 30.3 Å². The van der Waals surface area contributed by atoms with Gasteiger partial charge in [-0.15, -0.1) is 0 Å². The van der Waals surface area contributed by atoms with Crippen LogP contribution in [0.25, 0.3) is 11.3 Å². The average molecular weight is 411 g/mol. The Morgan fingerprint density at radius 1 is 1.00 bits per heavy atom. The molecule has 0 spiro atoms. The Morgan fingerprint density at radius 3 is 2.37 bits per heavy atom. The normalized spacial score (nSPS) is 10.5.